The van der Waals surface area contributed by atoms with Gasteiger partial charge in [-0.05, 0) is 18.3 Å². The van der Waals surface area contributed by atoms with Crippen molar-refractivity contribution >= 4 is 5.91 Å². The molecule has 0 saturated carbocycles. The van der Waals surface area contributed by atoms with Crippen molar-refractivity contribution < 1.29 is 9.53 Å². The molecule has 1 N–H and O–H groups in total. The van der Waals surface area contributed by atoms with Gasteiger partial charge in [0.2, 0.25) is 5.91 Å². The molecule has 1 saturated heterocycles. The molecule has 0 radical (unpaired) electrons. The van der Waals surface area contributed by atoms with Crippen molar-refractivity contribution in [3.8, 4) is 0 Å². The largest absolute Gasteiger partial charge is 0.383 e. The number of hydrogen-bond donors (Lipinski definition) is 1. The van der Waals surface area contributed by atoms with E-state index in [9.17, 15) is 4.79 Å². The lowest BCUT2D eigenvalue weighted by Crippen LogP contribution is -2.49. The number of amides is 1. The average molecular weight is 284 g/mol. The van der Waals surface area contributed by atoms with Gasteiger partial charge in [0.05, 0.1) is 24.9 Å². The van der Waals surface area contributed by atoms with Crippen molar-refractivity contribution in [2.75, 3.05) is 13.7 Å². The normalized spacial score (nSPS) is 26.4. The molecule has 0 aromatic carbocycles. The van der Waals surface area contributed by atoms with Gasteiger partial charge >= 0.3 is 0 Å². The van der Waals surface area contributed by atoms with E-state index in [4.69, 9.17) is 4.74 Å². The first-order valence-corrected chi connectivity index (χ1v) is 8.04. The van der Waals surface area contributed by atoms with E-state index in [2.05, 4.69) is 44.8 Å². The zero-order chi connectivity index (χ0) is 15.3. The molecule has 0 aliphatic carbocycles. The summed E-state index contributed by atoms with van der Waals surface area (Å²) in [4.78, 5) is 14.9. The highest BCUT2D eigenvalue weighted by Crippen LogP contribution is 2.26. The second-order valence-corrected chi connectivity index (χ2v) is 6.35. The van der Waals surface area contributed by atoms with E-state index in [1.807, 2.05) is 0 Å². The monoisotopic (exact) mass is 284 g/mol. The summed E-state index contributed by atoms with van der Waals surface area (Å²) in [6.45, 7) is 11.4. The molecule has 0 bridgehead atoms. The predicted molar refractivity (Wildman–Crippen MR) is 82.4 cm³/mol. The first kappa shape index (κ1) is 17.4. The van der Waals surface area contributed by atoms with Crippen LogP contribution in [0.2, 0.25) is 0 Å². The minimum absolute atomic E-state index is 0.0327. The topological polar surface area (TPSA) is 41.6 Å². The van der Waals surface area contributed by atoms with E-state index < -0.39 is 0 Å². The van der Waals surface area contributed by atoms with Gasteiger partial charge in [-0.25, -0.2) is 0 Å². The Bertz CT molecular complexity index is 307. The Morgan fingerprint density at radius 2 is 1.95 bits per heavy atom. The van der Waals surface area contributed by atoms with E-state index >= 15 is 0 Å². The summed E-state index contributed by atoms with van der Waals surface area (Å²) in [5, 5.41) is 3.56. The van der Waals surface area contributed by atoms with Crippen LogP contribution >= 0.6 is 0 Å². The third-order valence-electron chi connectivity index (χ3n) is 4.47. The van der Waals surface area contributed by atoms with Crippen LogP contribution in [0.25, 0.3) is 0 Å². The van der Waals surface area contributed by atoms with Crippen molar-refractivity contribution in [1.29, 1.82) is 0 Å². The lowest BCUT2D eigenvalue weighted by molar-refractivity contribution is -0.135. The zero-order valence-electron chi connectivity index (χ0n) is 14.0. The van der Waals surface area contributed by atoms with Gasteiger partial charge in [-0.2, -0.15) is 0 Å². The molecule has 0 spiro atoms. The minimum Gasteiger partial charge on any atom is -0.383 e. The lowest BCUT2D eigenvalue weighted by atomic mass is 9.98. The number of methoxy groups -OCH3 is 1. The fraction of sp³-hybridized carbons (Fsp3) is 0.938. The third kappa shape index (κ3) is 3.73. The molecule has 4 unspecified atom stereocenters. The van der Waals surface area contributed by atoms with Crippen LogP contribution in [0.4, 0.5) is 0 Å². The molecular weight excluding hydrogens is 252 g/mol. The van der Waals surface area contributed by atoms with Crippen LogP contribution in [0, 0.1) is 11.8 Å². The number of nitrogens with one attached hydrogen (secondary N) is 1. The van der Waals surface area contributed by atoms with E-state index in [-0.39, 0.29) is 24.2 Å². The third-order valence-corrected chi connectivity index (χ3v) is 4.47. The van der Waals surface area contributed by atoms with Crippen LogP contribution < -0.4 is 5.32 Å². The molecule has 118 valence electrons. The maximum atomic E-state index is 12.8. The summed E-state index contributed by atoms with van der Waals surface area (Å²) in [6.07, 6.45) is 3.26. The molecule has 1 aliphatic heterocycles. The van der Waals surface area contributed by atoms with E-state index in [1.54, 1.807) is 7.11 Å². The predicted octanol–water partition coefficient (Wildman–Crippen LogP) is 2.63. The number of nitrogens with zero attached hydrogens (tertiary/aromatic N) is 1. The van der Waals surface area contributed by atoms with Crippen LogP contribution in [0.1, 0.15) is 53.9 Å². The van der Waals surface area contributed by atoms with Gasteiger partial charge in [-0.1, -0.05) is 47.5 Å². The Morgan fingerprint density at radius 1 is 1.30 bits per heavy atom. The smallest absolute Gasteiger partial charge is 0.241 e. The molecule has 0 aromatic rings. The zero-order valence-corrected chi connectivity index (χ0v) is 14.0. The Balaban J connectivity index is 2.95. The van der Waals surface area contributed by atoms with E-state index in [0.717, 1.165) is 19.3 Å². The molecule has 1 heterocycles. The highest BCUT2D eigenvalue weighted by Gasteiger charge is 2.44. The fourth-order valence-corrected chi connectivity index (χ4v) is 2.97. The minimum atomic E-state index is -0.0327. The Hall–Kier alpha value is -0.610. The molecule has 0 aromatic heterocycles. The standard InChI is InChI=1S/C16H32N2O2/c1-7-9-14-17-15(12(5)8-2)16(19)18(14)13(10-20-6)11(3)4/h11-15,17H,7-10H2,1-6H3. The van der Waals surface area contributed by atoms with Gasteiger partial charge < -0.3 is 9.64 Å². The molecule has 4 atom stereocenters. The quantitative estimate of drug-likeness (QED) is 0.745. The molecular formula is C16H32N2O2. The fourth-order valence-electron chi connectivity index (χ4n) is 2.97. The van der Waals surface area contributed by atoms with Crippen molar-refractivity contribution in [3.05, 3.63) is 0 Å². The summed E-state index contributed by atoms with van der Waals surface area (Å²) in [5.74, 6) is 1.03. The van der Waals surface area contributed by atoms with Crippen LogP contribution in [0.15, 0.2) is 0 Å². The highest BCUT2D eigenvalue weighted by molar-refractivity contribution is 5.85. The Morgan fingerprint density at radius 3 is 2.40 bits per heavy atom. The summed E-state index contributed by atoms with van der Waals surface area (Å²) in [6, 6.07) is 0.125. The van der Waals surface area contributed by atoms with Crippen molar-refractivity contribution in [2.45, 2.75) is 72.1 Å². The maximum Gasteiger partial charge on any atom is 0.241 e. The van der Waals surface area contributed by atoms with Gasteiger partial charge in [0.15, 0.2) is 0 Å². The van der Waals surface area contributed by atoms with Gasteiger partial charge in [-0.15, -0.1) is 0 Å². The van der Waals surface area contributed by atoms with Gasteiger partial charge in [0.25, 0.3) is 0 Å². The van der Waals surface area contributed by atoms with Crippen LogP contribution in [0.5, 0.6) is 0 Å². The van der Waals surface area contributed by atoms with Crippen molar-refractivity contribution in [2.24, 2.45) is 11.8 Å². The second kappa shape index (κ2) is 7.99. The molecule has 1 amide bonds. The summed E-state index contributed by atoms with van der Waals surface area (Å²) in [7, 11) is 1.71. The lowest BCUT2D eigenvalue weighted by Gasteiger charge is -2.35. The van der Waals surface area contributed by atoms with Crippen LogP contribution in [0.3, 0.4) is 0 Å². The summed E-state index contributed by atoms with van der Waals surface area (Å²) < 4.78 is 5.35. The molecule has 4 nitrogen and oxygen atoms in total. The Kier molecular flexibility index (Phi) is 6.96. The van der Waals surface area contributed by atoms with Gasteiger partial charge in [0, 0.05) is 7.11 Å². The number of hydrogen-bond acceptors (Lipinski definition) is 3. The van der Waals surface area contributed by atoms with E-state index in [1.165, 1.54) is 0 Å². The summed E-state index contributed by atoms with van der Waals surface area (Å²) >= 11 is 0. The number of carbonyl (C=O) groups excluding carboxylic acids is 1. The van der Waals surface area contributed by atoms with Crippen LogP contribution in [-0.2, 0) is 9.53 Å². The van der Waals surface area contributed by atoms with Gasteiger partial charge in [0.1, 0.15) is 0 Å². The number of rotatable bonds is 8. The number of ether oxygens (including phenoxy) is 1. The molecule has 1 aliphatic rings. The Labute approximate surface area is 124 Å². The maximum absolute atomic E-state index is 12.8. The molecule has 4 heteroatoms. The SMILES string of the molecule is CCCC1NC(C(C)CC)C(=O)N1C(COC)C(C)C. The second-order valence-electron chi connectivity index (χ2n) is 6.35. The first-order chi connectivity index (χ1) is 9.47. The average Bonchev–Trinajstić information content (AvgIpc) is 2.72. The van der Waals surface area contributed by atoms with Crippen LogP contribution in [-0.4, -0.2) is 42.8 Å². The van der Waals surface area contributed by atoms with Crippen molar-refractivity contribution in [1.82, 2.24) is 10.2 Å². The van der Waals surface area contributed by atoms with Gasteiger partial charge in [-0.3, -0.25) is 10.1 Å². The van der Waals surface area contributed by atoms with E-state index in [0.29, 0.717) is 18.4 Å². The molecule has 1 rings (SSSR count). The molecule has 1 fully saturated rings. The summed E-state index contributed by atoms with van der Waals surface area (Å²) in [5.41, 5.74) is 0. The molecule has 20 heavy (non-hydrogen) atoms. The number of carbonyl (C=O) groups is 1. The first-order valence-electron chi connectivity index (χ1n) is 8.04. The highest BCUT2D eigenvalue weighted by atomic mass is 16.5. The van der Waals surface area contributed by atoms with Crippen molar-refractivity contribution in [3.63, 3.8) is 0 Å².